The number of aliphatic hydroxyl groups excluding tert-OH is 1. The van der Waals surface area contributed by atoms with Crippen LogP contribution in [0.5, 0.6) is 0 Å². The van der Waals surface area contributed by atoms with Crippen LogP contribution in [0.2, 0.25) is 0 Å². The fraction of sp³-hybridized carbons (Fsp3) is 0.538. The first-order valence-electron chi connectivity index (χ1n) is 6.10. The van der Waals surface area contributed by atoms with Gasteiger partial charge < -0.3 is 15.2 Å². The van der Waals surface area contributed by atoms with Gasteiger partial charge in [0.1, 0.15) is 5.69 Å². The molecular formula is C13H20N2O3. The Bertz CT molecular complexity index is 382. The molecule has 0 amide bonds. The highest BCUT2D eigenvalue weighted by Crippen LogP contribution is 2.12. The molecule has 0 saturated heterocycles. The van der Waals surface area contributed by atoms with E-state index in [4.69, 9.17) is 5.11 Å². The number of aromatic nitrogens is 1. The number of methoxy groups -OCH3 is 1. The van der Waals surface area contributed by atoms with Crippen LogP contribution in [0.25, 0.3) is 0 Å². The molecule has 1 atom stereocenters. The molecular weight excluding hydrogens is 232 g/mol. The average molecular weight is 252 g/mol. The predicted molar refractivity (Wildman–Crippen MR) is 69.6 cm³/mol. The van der Waals surface area contributed by atoms with E-state index in [0.29, 0.717) is 5.92 Å². The van der Waals surface area contributed by atoms with Crippen molar-refractivity contribution in [1.29, 1.82) is 0 Å². The Labute approximate surface area is 107 Å². The second-order valence-corrected chi connectivity index (χ2v) is 4.09. The molecule has 0 saturated carbocycles. The van der Waals surface area contributed by atoms with Crippen LogP contribution in [-0.4, -0.2) is 36.3 Å². The lowest BCUT2D eigenvalue weighted by atomic mass is 10.0. The molecule has 1 heterocycles. The lowest BCUT2D eigenvalue weighted by Gasteiger charge is -2.15. The molecule has 2 N–H and O–H groups in total. The molecule has 0 radical (unpaired) electrons. The van der Waals surface area contributed by atoms with Crippen LogP contribution in [0.4, 0.5) is 5.69 Å². The third kappa shape index (κ3) is 4.33. The van der Waals surface area contributed by atoms with E-state index in [9.17, 15) is 4.79 Å². The van der Waals surface area contributed by atoms with E-state index in [0.717, 1.165) is 25.1 Å². The highest BCUT2D eigenvalue weighted by atomic mass is 16.5. The van der Waals surface area contributed by atoms with Crippen molar-refractivity contribution in [2.24, 2.45) is 5.92 Å². The smallest absolute Gasteiger partial charge is 0.356 e. The largest absolute Gasteiger partial charge is 0.464 e. The molecule has 1 aromatic rings. The van der Waals surface area contributed by atoms with Crippen LogP contribution in [-0.2, 0) is 4.74 Å². The Hall–Kier alpha value is -1.62. The summed E-state index contributed by atoms with van der Waals surface area (Å²) in [6.45, 7) is 3.06. The van der Waals surface area contributed by atoms with Crippen molar-refractivity contribution in [2.75, 3.05) is 25.6 Å². The molecule has 0 aromatic carbocycles. The second-order valence-electron chi connectivity index (χ2n) is 4.09. The highest BCUT2D eigenvalue weighted by molar-refractivity contribution is 5.88. The van der Waals surface area contributed by atoms with Crippen molar-refractivity contribution < 1.29 is 14.6 Å². The maximum atomic E-state index is 11.3. The number of esters is 1. The Morgan fingerprint density at radius 2 is 2.39 bits per heavy atom. The van der Waals surface area contributed by atoms with Gasteiger partial charge in [0.05, 0.1) is 7.11 Å². The number of hydrogen-bond acceptors (Lipinski definition) is 5. The molecule has 1 rings (SSSR count). The van der Waals surface area contributed by atoms with Gasteiger partial charge in [-0.15, -0.1) is 0 Å². The van der Waals surface area contributed by atoms with Gasteiger partial charge in [-0.1, -0.05) is 13.3 Å². The van der Waals surface area contributed by atoms with Gasteiger partial charge in [0.15, 0.2) is 0 Å². The van der Waals surface area contributed by atoms with Crippen molar-refractivity contribution in [2.45, 2.75) is 19.8 Å². The molecule has 18 heavy (non-hydrogen) atoms. The Kier molecular flexibility index (Phi) is 6.14. The summed E-state index contributed by atoms with van der Waals surface area (Å²) in [5.41, 5.74) is 1.12. The molecule has 0 aliphatic rings. The Morgan fingerprint density at radius 3 is 3.00 bits per heavy atom. The van der Waals surface area contributed by atoms with Gasteiger partial charge in [-0.25, -0.2) is 9.78 Å². The SMILES string of the molecule is CCC(CCO)CNc1ccnc(C(=O)OC)c1. The topological polar surface area (TPSA) is 71.5 Å². The highest BCUT2D eigenvalue weighted by Gasteiger charge is 2.09. The number of carbonyl (C=O) groups excluding carboxylic acids is 1. The van der Waals surface area contributed by atoms with E-state index < -0.39 is 5.97 Å². The number of hydrogen-bond donors (Lipinski definition) is 2. The van der Waals surface area contributed by atoms with Crippen molar-refractivity contribution in [3.8, 4) is 0 Å². The van der Waals surface area contributed by atoms with Crippen molar-refractivity contribution >= 4 is 11.7 Å². The number of aliphatic hydroxyl groups is 1. The summed E-state index contributed by atoms with van der Waals surface area (Å²) in [4.78, 5) is 15.3. The maximum absolute atomic E-state index is 11.3. The van der Waals surface area contributed by atoms with E-state index in [1.165, 1.54) is 7.11 Å². The molecule has 1 unspecified atom stereocenters. The van der Waals surface area contributed by atoms with Gasteiger partial charge in [-0.3, -0.25) is 0 Å². The van der Waals surface area contributed by atoms with E-state index in [2.05, 4.69) is 22.0 Å². The molecule has 1 aromatic heterocycles. The van der Waals surface area contributed by atoms with Crippen LogP contribution in [0, 0.1) is 5.92 Å². The molecule has 0 bridgehead atoms. The van der Waals surface area contributed by atoms with Gasteiger partial charge >= 0.3 is 5.97 Å². The van der Waals surface area contributed by atoms with Crippen LogP contribution < -0.4 is 5.32 Å². The number of nitrogens with zero attached hydrogens (tertiary/aromatic N) is 1. The number of rotatable bonds is 7. The van der Waals surface area contributed by atoms with Gasteiger partial charge in [0.25, 0.3) is 0 Å². The van der Waals surface area contributed by atoms with Crippen LogP contribution >= 0.6 is 0 Å². The minimum atomic E-state index is -0.443. The molecule has 0 aliphatic carbocycles. The van der Waals surface area contributed by atoms with E-state index >= 15 is 0 Å². The molecule has 5 heteroatoms. The summed E-state index contributed by atoms with van der Waals surface area (Å²) in [6, 6.07) is 3.47. The molecule has 0 spiro atoms. The minimum absolute atomic E-state index is 0.198. The number of anilines is 1. The minimum Gasteiger partial charge on any atom is -0.464 e. The van der Waals surface area contributed by atoms with Gasteiger partial charge in [0.2, 0.25) is 0 Å². The van der Waals surface area contributed by atoms with Crippen LogP contribution in [0.1, 0.15) is 30.3 Å². The van der Waals surface area contributed by atoms with Crippen LogP contribution in [0.15, 0.2) is 18.3 Å². The summed E-state index contributed by atoms with van der Waals surface area (Å²) in [5.74, 6) is -0.0224. The van der Waals surface area contributed by atoms with Crippen molar-refractivity contribution in [1.82, 2.24) is 4.98 Å². The standard InChI is InChI=1S/C13H20N2O3/c1-3-10(5-7-16)9-15-11-4-6-14-12(8-11)13(17)18-2/h4,6,8,10,16H,3,5,7,9H2,1-2H3,(H,14,15). The van der Waals surface area contributed by atoms with Gasteiger partial charge in [0, 0.05) is 25.0 Å². The third-order valence-electron chi connectivity index (χ3n) is 2.86. The first kappa shape index (κ1) is 14.4. The second kappa shape index (κ2) is 7.66. The summed E-state index contributed by atoms with van der Waals surface area (Å²) in [6.07, 6.45) is 3.35. The number of pyridine rings is 1. The average Bonchev–Trinajstić information content (AvgIpc) is 2.42. The maximum Gasteiger partial charge on any atom is 0.356 e. The molecule has 100 valence electrons. The monoisotopic (exact) mass is 252 g/mol. The quantitative estimate of drug-likeness (QED) is 0.722. The fourth-order valence-corrected chi connectivity index (χ4v) is 1.65. The number of carbonyl (C=O) groups is 1. The lowest BCUT2D eigenvalue weighted by molar-refractivity contribution is 0.0594. The zero-order valence-electron chi connectivity index (χ0n) is 10.8. The van der Waals surface area contributed by atoms with Crippen LogP contribution in [0.3, 0.4) is 0 Å². The van der Waals surface area contributed by atoms with Gasteiger partial charge in [-0.2, -0.15) is 0 Å². The first-order valence-corrected chi connectivity index (χ1v) is 6.10. The Morgan fingerprint density at radius 1 is 1.61 bits per heavy atom. The molecule has 0 aliphatic heterocycles. The summed E-state index contributed by atoms with van der Waals surface area (Å²) < 4.78 is 4.61. The van der Waals surface area contributed by atoms with Gasteiger partial charge in [-0.05, 0) is 24.5 Å². The molecule has 5 nitrogen and oxygen atoms in total. The fourth-order valence-electron chi connectivity index (χ4n) is 1.65. The third-order valence-corrected chi connectivity index (χ3v) is 2.86. The van der Waals surface area contributed by atoms with E-state index in [1.54, 1.807) is 18.3 Å². The zero-order valence-corrected chi connectivity index (χ0v) is 10.8. The zero-order chi connectivity index (χ0) is 13.4. The summed E-state index contributed by atoms with van der Waals surface area (Å²) >= 11 is 0. The number of nitrogens with one attached hydrogen (secondary N) is 1. The molecule has 0 fully saturated rings. The Balaban J connectivity index is 2.59. The predicted octanol–water partition coefficient (Wildman–Crippen LogP) is 1.69. The number of ether oxygens (including phenoxy) is 1. The first-order chi connectivity index (χ1) is 8.71. The van der Waals surface area contributed by atoms with Crippen molar-refractivity contribution in [3.05, 3.63) is 24.0 Å². The lowest BCUT2D eigenvalue weighted by Crippen LogP contribution is -2.15. The summed E-state index contributed by atoms with van der Waals surface area (Å²) in [7, 11) is 1.33. The van der Waals surface area contributed by atoms with E-state index in [-0.39, 0.29) is 12.3 Å². The normalized spacial score (nSPS) is 11.9. The van der Waals surface area contributed by atoms with Crippen molar-refractivity contribution in [3.63, 3.8) is 0 Å². The summed E-state index contributed by atoms with van der Waals surface area (Å²) in [5, 5.41) is 12.2. The van der Waals surface area contributed by atoms with E-state index in [1.807, 2.05) is 0 Å².